The van der Waals surface area contributed by atoms with Crippen molar-refractivity contribution in [3.05, 3.63) is 71.7 Å². The van der Waals surface area contributed by atoms with Crippen molar-refractivity contribution in [2.24, 2.45) is 0 Å². The molecule has 2 aromatic carbocycles. The SMILES string of the molecule is CN(C)S(=O)(=O)n1ccnc1-c1cc(F)c2n[nH]c(/C=C/c3ccc(F)cc3)c2c1. The molecule has 0 bridgehead atoms. The van der Waals surface area contributed by atoms with Gasteiger partial charge in [0.2, 0.25) is 0 Å². The van der Waals surface area contributed by atoms with Crippen LogP contribution in [0, 0.1) is 11.6 Å². The van der Waals surface area contributed by atoms with Crippen LogP contribution in [0.4, 0.5) is 8.78 Å². The van der Waals surface area contributed by atoms with E-state index in [0.29, 0.717) is 11.1 Å². The number of nitrogens with zero attached hydrogens (tertiary/aromatic N) is 4. The maximum absolute atomic E-state index is 14.7. The van der Waals surface area contributed by atoms with Crippen LogP contribution in [0.1, 0.15) is 11.3 Å². The summed E-state index contributed by atoms with van der Waals surface area (Å²) in [5.74, 6) is -0.870. The summed E-state index contributed by atoms with van der Waals surface area (Å²) in [6, 6.07) is 8.72. The second kappa shape index (κ2) is 7.47. The van der Waals surface area contributed by atoms with Crippen LogP contribution in [-0.4, -0.2) is 46.0 Å². The van der Waals surface area contributed by atoms with E-state index >= 15 is 0 Å². The van der Waals surface area contributed by atoms with Gasteiger partial charge in [-0.25, -0.2) is 17.7 Å². The van der Waals surface area contributed by atoms with Gasteiger partial charge in [-0.15, -0.1) is 0 Å². The maximum atomic E-state index is 14.7. The molecule has 0 aliphatic rings. The summed E-state index contributed by atoms with van der Waals surface area (Å²) in [4.78, 5) is 4.11. The molecule has 0 aliphatic carbocycles. The first-order chi connectivity index (χ1) is 14.3. The molecule has 30 heavy (non-hydrogen) atoms. The van der Waals surface area contributed by atoms with Gasteiger partial charge in [0, 0.05) is 37.4 Å². The van der Waals surface area contributed by atoms with E-state index in [1.54, 1.807) is 30.4 Å². The second-order valence-electron chi connectivity index (χ2n) is 6.71. The van der Waals surface area contributed by atoms with Gasteiger partial charge < -0.3 is 0 Å². The fourth-order valence-electron chi connectivity index (χ4n) is 2.96. The zero-order valence-electron chi connectivity index (χ0n) is 16.0. The predicted molar refractivity (Wildman–Crippen MR) is 111 cm³/mol. The number of fused-ring (bicyclic) bond motifs is 1. The molecule has 0 spiro atoms. The zero-order chi connectivity index (χ0) is 21.5. The molecule has 0 aliphatic heterocycles. The Hall–Kier alpha value is -3.37. The Labute approximate surface area is 171 Å². The summed E-state index contributed by atoms with van der Waals surface area (Å²) in [7, 11) is -1.03. The molecule has 0 atom stereocenters. The number of imidazole rings is 1. The quantitative estimate of drug-likeness (QED) is 0.526. The molecular weight excluding hydrogens is 412 g/mol. The molecule has 1 N–H and O–H groups in total. The van der Waals surface area contributed by atoms with Gasteiger partial charge in [0.25, 0.3) is 0 Å². The third kappa shape index (κ3) is 3.51. The molecule has 7 nitrogen and oxygen atoms in total. The Morgan fingerprint density at radius 3 is 2.53 bits per heavy atom. The number of rotatable bonds is 5. The Balaban J connectivity index is 1.81. The van der Waals surface area contributed by atoms with Gasteiger partial charge in [-0.3, -0.25) is 5.10 Å². The highest BCUT2D eigenvalue weighted by atomic mass is 32.2. The minimum absolute atomic E-state index is 0.0826. The van der Waals surface area contributed by atoms with Gasteiger partial charge in [0.1, 0.15) is 11.3 Å². The number of hydrogen-bond acceptors (Lipinski definition) is 4. The number of benzene rings is 2. The normalized spacial score (nSPS) is 12.4. The van der Waals surface area contributed by atoms with Gasteiger partial charge in [0.05, 0.1) is 5.69 Å². The van der Waals surface area contributed by atoms with Crippen LogP contribution < -0.4 is 0 Å². The monoisotopic (exact) mass is 429 g/mol. The number of H-pyrrole nitrogens is 1. The van der Waals surface area contributed by atoms with Crippen molar-refractivity contribution in [3.8, 4) is 11.4 Å². The van der Waals surface area contributed by atoms with Crippen molar-refractivity contribution >= 4 is 33.3 Å². The van der Waals surface area contributed by atoms with Crippen LogP contribution >= 0.6 is 0 Å². The van der Waals surface area contributed by atoms with E-state index in [1.165, 1.54) is 44.7 Å². The molecular formula is C20H17F2N5O2S. The lowest BCUT2D eigenvalue weighted by Gasteiger charge is -2.14. The molecule has 4 aromatic rings. The predicted octanol–water partition coefficient (Wildman–Crippen LogP) is 3.53. The molecule has 0 unspecified atom stereocenters. The standard InChI is InChI=1S/C20H17F2N5O2S/c1-26(2)30(28,29)27-10-9-23-20(27)14-11-16-18(24-25-19(16)17(22)12-14)8-5-13-3-6-15(21)7-4-13/h3-12H,1-2H3,(H,24,25)/b8-5+. The van der Waals surface area contributed by atoms with Crippen molar-refractivity contribution in [1.29, 1.82) is 0 Å². The molecule has 4 rings (SSSR count). The minimum atomic E-state index is -3.83. The van der Waals surface area contributed by atoms with E-state index < -0.39 is 16.0 Å². The van der Waals surface area contributed by atoms with E-state index in [1.807, 2.05) is 0 Å². The van der Waals surface area contributed by atoms with Gasteiger partial charge >= 0.3 is 10.2 Å². The number of halogens is 2. The van der Waals surface area contributed by atoms with Gasteiger partial charge in [-0.1, -0.05) is 18.2 Å². The van der Waals surface area contributed by atoms with Crippen LogP contribution in [0.2, 0.25) is 0 Å². The molecule has 0 saturated carbocycles. The average molecular weight is 429 g/mol. The number of hydrogen-bond donors (Lipinski definition) is 1. The highest BCUT2D eigenvalue weighted by Gasteiger charge is 2.22. The topological polar surface area (TPSA) is 83.9 Å². The number of nitrogens with one attached hydrogen (secondary N) is 1. The summed E-state index contributed by atoms with van der Waals surface area (Å²) >= 11 is 0. The fourth-order valence-corrected chi connectivity index (χ4v) is 3.89. The smallest absolute Gasteiger partial charge is 0.277 e. The van der Waals surface area contributed by atoms with Gasteiger partial charge in [-0.05, 0) is 35.9 Å². The molecule has 2 heterocycles. The highest BCUT2D eigenvalue weighted by Crippen LogP contribution is 2.28. The highest BCUT2D eigenvalue weighted by molar-refractivity contribution is 7.87. The van der Waals surface area contributed by atoms with Crippen molar-refractivity contribution in [2.45, 2.75) is 0 Å². The first-order valence-corrected chi connectivity index (χ1v) is 10.2. The molecule has 10 heteroatoms. The summed E-state index contributed by atoms with van der Waals surface area (Å²) in [6.45, 7) is 0. The van der Waals surface area contributed by atoms with E-state index in [9.17, 15) is 17.2 Å². The van der Waals surface area contributed by atoms with Crippen LogP contribution in [0.3, 0.4) is 0 Å². The molecule has 0 saturated heterocycles. The summed E-state index contributed by atoms with van der Waals surface area (Å²) in [5.41, 5.74) is 1.67. The first-order valence-electron chi connectivity index (χ1n) is 8.85. The maximum Gasteiger partial charge on any atom is 0.308 e. The number of aromatic nitrogens is 4. The van der Waals surface area contributed by atoms with Crippen LogP contribution in [-0.2, 0) is 10.2 Å². The van der Waals surface area contributed by atoms with Crippen molar-refractivity contribution < 1.29 is 17.2 Å². The van der Waals surface area contributed by atoms with E-state index in [2.05, 4.69) is 15.2 Å². The summed E-state index contributed by atoms with van der Waals surface area (Å²) < 4.78 is 54.9. The number of aromatic amines is 1. The van der Waals surface area contributed by atoms with Crippen molar-refractivity contribution in [1.82, 2.24) is 23.5 Å². The average Bonchev–Trinajstić information content (AvgIpc) is 3.35. The van der Waals surface area contributed by atoms with Crippen molar-refractivity contribution in [3.63, 3.8) is 0 Å². The Morgan fingerprint density at radius 1 is 1.10 bits per heavy atom. The van der Waals surface area contributed by atoms with E-state index in [-0.39, 0.29) is 22.7 Å². The Morgan fingerprint density at radius 2 is 1.83 bits per heavy atom. The zero-order valence-corrected chi connectivity index (χ0v) is 16.9. The Bertz CT molecular complexity index is 1360. The Kier molecular flexibility index (Phi) is 4.96. The largest absolute Gasteiger partial charge is 0.308 e. The second-order valence-corrected chi connectivity index (χ2v) is 8.73. The van der Waals surface area contributed by atoms with E-state index in [4.69, 9.17) is 0 Å². The molecule has 154 valence electrons. The fraction of sp³-hybridized carbons (Fsp3) is 0.100. The lowest BCUT2D eigenvalue weighted by Crippen LogP contribution is -2.28. The van der Waals surface area contributed by atoms with Crippen molar-refractivity contribution in [2.75, 3.05) is 14.1 Å². The molecule has 0 fully saturated rings. The molecule has 0 amide bonds. The van der Waals surface area contributed by atoms with Crippen LogP contribution in [0.15, 0.2) is 48.8 Å². The summed E-state index contributed by atoms with van der Waals surface area (Å²) in [5, 5.41) is 7.23. The van der Waals surface area contributed by atoms with E-state index in [0.717, 1.165) is 13.8 Å². The third-order valence-corrected chi connectivity index (χ3v) is 6.24. The van der Waals surface area contributed by atoms with Crippen LogP contribution in [0.25, 0.3) is 34.4 Å². The summed E-state index contributed by atoms with van der Waals surface area (Å²) in [6.07, 6.45) is 6.06. The minimum Gasteiger partial charge on any atom is -0.277 e. The molecule has 2 aromatic heterocycles. The van der Waals surface area contributed by atoms with Gasteiger partial charge in [0.15, 0.2) is 11.6 Å². The lowest BCUT2D eigenvalue weighted by molar-refractivity contribution is 0.511. The lowest BCUT2D eigenvalue weighted by atomic mass is 10.1. The third-order valence-electron chi connectivity index (χ3n) is 4.53. The van der Waals surface area contributed by atoms with Crippen LogP contribution in [0.5, 0.6) is 0 Å². The molecule has 0 radical (unpaired) electrons. The first kappa shape index (κ1) is 19.9. The van der Waals surface area contributed by atoms with Gasteiger partial charge in [-0.2, -0.15) is 17.8 Å².